The number of aryl methyl sites for hydroxylation is 2. The molecular weight excluding hydrogens is 326 g/mol. The summed E-state index contributed by atoms with van der Waals surface area (Å²) in [5.41, 5.74) is 3.67. The fourth-order valence-electron chi connectivity index (χ4n) is 2.86. The van der Waals surface area contributed by atoms with Crippen molar-refractivity contribution in [3.8, 4) is 0 Å². The molecule has 3 aromatic rings. The Kier molecular flexibility index (Phi) is 4.01. The molecule has 0 bridgehead atoms. The molecule has 0 saturated heterocycles. The van der Waals surface area contributed by atoms with Crippen LogP contribution < -0.4 is 5.32 Å². The van der Waals surface area contributed by atoms with Gasteiger partial charge in [0.1, 0.15) is 16.2 Å². The monoisotopic (exact) mass is 341 g/mol. The molecule has 1 N–H and O–H groups in total. The highest BCUT2D eigenvalue weighted by molar-refractivity contribution is 8.00. The summed E-state index contributed by atoms with van der Waals surface area (Å²) in [6.07, 6.45) is 5.04. The Hall–Kier alpha value is -1.92. The lowest BCUT2D eigenvalue weighted by atomic mass is 10.1. The van der Waals surface area contributed by atoms with Crippen LogP contribution in [0, 0.1) is 0 Å². The van der Waals surface area contributed by atoms with Gasteiger partial charge in [-0.15, -0.1) is 11.3 Å². The number of fused-ring (bicyclic) bond motifs is 2. The number of amides is 1. The summed E-state index contributed by atoms with van der Waals surface area (Å²) < 4.78 is 0. The first kappa shape index (κ1) is 14.7. The van der Waals surface area contributed by atoms with Gasteiger partial charge in [-0.3, -0.25) is 4.79 Å². The highest BCUT2D eigenvalue weighted by atomic mass is 32.2. The maximum Gasteiger partial charge on any atom is 0.234 e. The molecule has 23 heavy (non-hydrogen) atoms. The topological polar surface area (TPSA) is 54.9 Å². The van der Waals surface area contributed by atoms with E-state index in [0.717, 1.165) is 33.8 Å². The van der Waals surface area contributed by atoms with Crippen LogP contribution in [0.3, 0.4) is 0 Å². The fraction of sp³-hybridized carbons (Fsp3) is 0.235. The summed E-state index contributed by atoms with van der Waals surface area (Å²) in [4.78, 5) is 21.7. The summed E-state index contributed by atoms with van der Waals surface area (Å²) in [6.45, 7) is 0. The van der Waals surface area contributed by atoms with Crippen LogP contribution >= 0.6 is 23.1 Å². The average Bonchev–Trinajstić information content (AvgIpc) is 3.21. The van der Waals surface area contributed by atoms with Gasteiger partial charge in [-0.05, 0) is 54.0 Å². The second kappa shape index (κ2) is 6.29. The summed E-state index contributed by atoms with van der Waals surface area (Å²) >= 11 is 3.04. The van der Waals surface area contributed by atoms with Gasteiger partial charge < -0.3 is 5.32 Å². The van der Waals surface area contributed by atoms with Gasteiger partial charge in [-0.1, -0.05) is 17.8 Å². The smallest absolute Gasteiger partial charge is 0.234 e. The first-order valence-corrected chi connectivity index (χ1v) is 9.39. The number of hydrogen-bond donors (Lipinski definition) is 1. The number of nitrogens with one attached hydrogen (secondary N) is 1. The standard InChI is InChI=1S/C17H15N3OS2/c21-15(20-13-5-4-11-2-1-3-12(11)8-13)9-23-17-14-6-7-22-16(14)18-10-19-17/h4-8,10H,1-3,9H2,(H,20,21). The zero-order valence-electron chi connectivity index (χ0n) is 12.4. The summed E-state index contributed by atoms with van der Waals surface area (Å²) in [5, 5.41) is 6.86. The van der Waals surface area contributed by atoms with Crippen molar-refractivity contribution < 1.29 is 4.79 Å². The number of rotatable bonds is 4. The second-order valence-electron chi connectivity index (χ2n) is 5.49. The van der Waals surface area contributed by atoms with Crippen molar-refractivity contribution in [3.63, 3.8) is 0 Å². The number of hydrogen-bond acceptors (Lipinski definition) is 5. The van der Waals surface area contributed by atoms with Crippen LogP contribution in [0.5, 0.6) is 0 Å². The van der Waals surface area contributed by atoms with Crippen molar-refractivity contribution in [1.29, 1.82) is 0 Å². The molecule has 1 aromatic carbocycles. The number of carbonyl (C=O) groups is 1. The van der Waals surface area contributed by atoms with Gasteiger partial charge >= 0.3 is 0 Å². The molecular formula is C17H15N3OS2. The minimum absolute atomic E-state index is 0.00469. The Morgan fingerprint density at radius 1 is 1.22 bits per heavy atom. The molecule has 2 heterocycles. The van der Waals surface area contributed by atoms with Crippen LogP contribution in [0.4, 0.5) is 5.69 Å². The lowest BCUT2D eigenvalue weighted by Crippen LogP contribution is -2.14. The van der Waals surface area contributed by atoms with E-state index in [2.05, 4.69) is 27.4 Å². The third kappa shape index (κ3) is 3.09. The molecule has 1 amide bonds. The van der Waals surface area contributed by atoms with Gasteiger partial charge in [0.2, 0.25) is 5.91 Å². The van der Waals surface area contributed by atoms with E-state index in [1.54, 1.807) is 17.7 Å². The fourth-order valence-corrected chi connectivity index (χ4v) is 4.44. The van der Waals surface area contributed by atoms with E-state index in [9.17, 15) is 4.79 Å². The van der Waals surface area contributed by atoms with Crippen LogP contribution in [0.2, 0.25) is 0 Å². The highest BCUT2D eigenvalue weighted by Gasteiger charge is 2.13. The number of thiophene rings is 1. The van der Waals surface area contributed by atoms with Crippen molar-refractivity contribution in [2.45, 2.75) is 24.3 Å². The van der Waals surface area contributed by atoms with Gasteiger partial charge in [-0.25, -0.2) is 9.97 Å². The van der Waals surface area contributed by atoms with Crippen LogP contribution in [0.15, 0.2) is 41.0 Å². The third-order valence-corrected chi connectivity index (χ3v) is 5.77. The Bertz CT molecular complexity index is 875. The maximum absolute atomic E-state index is 12.2. The third-order valence-electron chi connectivity index (χ3n) is 3.95. The molecule has 0 radical (unpaired) electrons. The number of carbonyl (C=O) groups excluding carboxylic acids is 1. The van der Waals surface area contributed by atoms with Crippen LogP contribution in [-0.4, -0.2) is 21.6 Å². The number of benzene rings is 1. The van der Waals surface area contributed by atoms with E-state index in [4.69, 9.17) is 0 Å². The Labute approximate surface area is 142 Å². The molecule has 1 aliphatic rings. The van der Waals surface area contributed by atoms with E-state index in [1.165, 1.54) is 29.3 Å². The Morgan fingerprint density at radius 3 is 3.09 bits per heavy atom. The maximum atomic E-state index is 12.2. The first-order chi connectivity index (χ1) is 11.3. The van der Waals surface area contributed by atoms with Crippen molar-refractivity contribution in [1.82, 2.24) is 9.97 Å². The second-order valence-corrected chi connectivity index (χ2v) is 7.35. The quantitative estimate of drug-likeness (QED) is 0.577. The number of aromatic nitrogens is 2. The molecule has 0 unspecified atom stereocenters. The number of anilines is 1. The van der Waals surface area contributed by atoms with E-state index < -0.39 is 0 Å². The largest absolute Gasteiger partial charge is 0.325 e. The predicted molar refractivity (Wildman–Crippen MR) is 95.2 cm³/mol. The van der Waals surface area contributed by atoms with Crippen molar-refractivity contribution in [2.75, 3.05) is 11.1 Å². The van der Waals surface area contributed by atoms with Gasteiger partial charge in [0, 0.05) is 11.1 Å². The van der Waals surface area contributed by atoms with E-state index in [1.807, 2.05) is 17.5 Å². The van der Waals surface area contributed by atoms with Crippen LogP contribution in [0.25, 0.3) is 10.2 Å². The van der Waals surface area contributed by atoms with Crippen LogP contribution in [0.1, 0.15) is 17.5 Å². The number of thioether (sulfide) groups is 1. The molecule has 0 fully saturated rings. The predicted octanol–water partition coefficient (Wildman–Crippen LogP) is 3.91. The minimum atomic E-state index is -0.00469. The molecule has 4 nitrogen and oxygen atoms in total. The number of nitrogens with zero attached hydrogens (tertiary/aromatic N) is 2. The summed E-state index contributed by atoms with van der Waals surface area (Å²) in [6, 6.07) is 8.23. The Morgan fingerprint density at radius 2 is 2.13 bits per heavy atom. The molecule has 116 valence electrons. The molecule has 0 aliphatic heterocycles. The van der Waals surface area contributed by atoms with E-state index >= 15 is 0 Å². The normalized spacial score (nSPS) is 13.2. The van der Waals surface area contributed by atoms with Gasteiger partial charge in [0.25, 0.3) is 0 Å². The summed E-state index contributed by atoms with van der Waals surface area (Å²) in [5.74, 6) is 0.342. The molecule has 1 aliphatic carbocycles. The van der Waals surface area contributed by atoms with Crippen molar-refractivity contribution >= 4 is 44.9 Å². The summed E-state index contributed by atoms with van der Waals surface area (Å²) in [7, 11) is 0. The van der Waals surface area contributed by atoms with Crippen LogP contribution in [-0.2, 0) is 17.6 Å². The van der Waals surface area contributed by atoms with Gasteiger partial charge in [0.15, 0.2) is 0 Å². The minimum Gasteiger partial charge on any atom is -0.325 e. The lowest BCUT2D eigenvalue weighted by molar-refractivity contribution is -0.113. The molecule has 0 saturated carbocycles. The van der Waals surface area contributed by atoms with Crippen molar-refractivity contribution in [3.05, 3.63) is 47.1 Å². The molecule has 0 spiro atoms. The molecule has 2 aromatic heterocycles. The average molecular weight is 341 g/mol. The van der Waals surface area contributed by atoms with E-state index in [-0.39, 0.29) is 5.91 Å². The molecule has 0 atom stereocenters. The van der Waals surface area contributed by atoms with Crippen molar-refractivity contribution in [2.24, 2.45) is 0 Å². The zero-order valence-corrected chi connectivity index (χ0v) is 14.0. The lowest BCUT2D eigenvalue weighted by Gasteiger charge is -2.07. The highest BCUT2D eigenvalue weighted by Crippen LogP contribution is 2.28. The molecule has 4 rings (SSSR count). The SMILES string of the molecule is O=C(CSc1ncnc2sccc12)Nc1ccc2c(c1)CCC2. The Balaban J connectivity index is 1.41. The zero-order chi connectivity index (χ0) is 15.6. The van der Waals surface area contributed by atoms with Gasteiger partial charge in [0.05, 0.1) is 5.75 Å². The van der Waals surface area contributed by atoms with Gasteiger partial charge in [-0.2, -0.15) is 0 Å². The first-order valence-electron chi connectivity index (χ1n) is 7.52. The molecule has 6 heteroatoms. The van der Waals surface area contributed by atoms with E-state index in [0.29, 0.717) is 5.75 Å².